The van der Waals surface area contributed by atoms with Crippen molar-refractivity contribution in [1.29, 1.82) is 0 Å². The van der Waals surface area contributed by atoms with Crippen LogP contribution in [0.15, 0.2) is 12.4 Å². The Morgan fingerprint density at radius 3 is 2.75 bits per heavy atom. The minimum atomic E-state index is 0.224. The highest BCUT2D eigenvalue weighted by Crippen LogP contribution is 2.25. The Balaban J connectivity index is 2.36. The maximum Gasteiger partial charge on any atom is 0.203 e. The van der Waals surface area contributed by atoms with Crippen LogP contribution in [-0.2, 0) is 0 Å². The van der Waals surface area contributed by atoms with E-state index in [-0.39, 0.29) is 6.04 Å². The highest BCUT2D eigenvalue weighted by atomic mass is 32.1. The second kappa shape index (κ2) is 4.25. The molecule has 0 aliphatic carbocycles. The van der Waals surface area contributed by atoms with Crippen molar-refractivity contribution in [2.75, 3.05) is 12.4 Å². The molecule has 1 unspecified atom stereocenters. The summed E-state index contributed by atoms with van der Waals surface area (Å²) in [4.78, 5) is 10.1. The van der Waals surface area contributed by atoms with Crippen LogP contribution in [0.5, 0.6) is 0 Å². The lowest BCUT2D eigenvalue weighted by Crippen LogP contribution is -2.09. The van der Waals surface area contributed by atoms with Gasteiger partial charge in [0.15, 0.2) is 0 Å². The Morgan fingerprint density at radius 1 is 1.44 bits per heavy atom. The minimum Gasteiger partial charge on any atom is -0.359 e. The molecule has 0 bridgehead atoms. The Morgan fingerprint density at radius 2 is 2.19 bits per heavy atom. The summed E-state index contributed by atoms with van der Waals surface area (Å²) < 4.78 is 2.12. The highest BCUT2D eigenvalue weighted by molar-refractivity contribution is 7.11. The maximum absolute atomic E-state index is 4.42. The molecule has 2 aromatic rings. The number of aromatic nitrogens is 3. The van der Waals surface area contributed by atoms with Crippen LogP contribution in [0, 0.1) is 13.8 Å². The SMILES string of the molecule is CNc1nc(C)cn1C(C)c1ncc(C)s1. The molecule has 0 saturated heterocycles. The van der Waals surface area contributed by atoms with Crippen molar-refractivity contribution in [2.45, 2.75) is 26.8 Å². The molecular weight excluding hydrogens is 220 g/mol. The molecule has 2 heterocycles. The molecule has 2 rings (SSSR count). The van der Waals surface area contributed by atoms with Gasteiger partial charge < -0.3 is 9.88 Å². The fourth-order valence-corrected chi connectivity index (χ4v) is 2.51. The monoisotopic (exact) mass is 236 g/mol. The van der Waals surface area contributed by atoms with Crippen molar-refractivity contribution in [3.05, 3.63) is 28.0 Å². The molecule has 1 atom stereocenters. The number of anilines is 1. The van der Waals surface area contributed by atoms with Crippen LogP contribution in [-0.4, -0.2) is 21.6 Å². The quantitative estimate of drug-likeness (QED) is 0.890. The molecule has 4 nitrogen and oxygen atoms in total. The lowest BCUT2D eigenvalue weighted by molar-refractivity contribution is 0.641. The zero-order valence-electron chi connectivity index (χ0n) is 9.98. The molecule has 0 radical (unpaired) electrons. The van der Waals surface area contributed by atoms with Gasteiger partial charge >= 0.3 is 0 Å². The molecule has 0 aromatic carbocycles. The summed E-state index contributed by atoms with van der Waals surface area (Å²) in [6.07, 6.45) is 3.96. The van der Waals surface area contributed by atoms with Gasteiger partial charge in [0.05, 0.1) is 11.7 Å². The number of nitrogens with one attached hydrogen (secondary N) is 1. The van der Waals surface area contributed by atoms with E-state index in [1.165, 1.54) is 4.88 Å². The van der Waals surface area contributed by atoms with Crippen molar-refractivity contribution >= 4 is 17.3 Å². The topological polar surface area (TPSA) is 42.7 Å². The Labute approximate surface area is 99.4 Å². The van der Waals surface area contributed by atoms with Crippen LogP contribution >= 0.6 is 11.3 Å². The average molecular weight is 236 g/mol. The van der Waals surface area contributed by atoms with Crippen molar-refractivity contribution in [3.8, 4) is 0 Å². The molecule has 16 heavy (non-hydrogen) atoms. The zero-order chi connectivity index (χ0) is 11.7. The first-order chi connectivity index (χ1) is 7.61. The van der Waals surface area contributed by atoms with Crippen molar-refractivity contribution in [1.82, 2.24) is 14.5 Å². The average Bonchev–Trinajstić information content (AvgIpc) is 2.83. The van der Waals surface area contributed by atoms with Gasteiger partial charge in [-0.3, -0.25) is 0 Å². The third-order valence-electron chi connectivity index (χ3n) is 2.49. The largest absolute Gasteiger partial charge is 0.359 e. The van der Waals surface area contributed by atoms with E-state index in [1.807, 2.05) is 26.4 Å². The van der Waals surface area contributed by atoms with Gasteiger partial charge in [0.25, 0.3) is 0 Å². The van der Waals surface area contributed by atoms with Crippen molar-refractivity contribution < 1.29 is 0 Å². The van der Waals surface area contributed by atoms with Crippen molar-refractivity contribution in [2.24, 2.45) is 0 Å². The molecule has 0 aliphatic rings. The standard InChI is InChI=1S/C11H16N4S/c1-7-6-15(11(12-4)14-7)9(3)10-13-5-8(2)16-10/h5-6,9H,1-4H3,(H,12,14). The van der Waals surface area contributed by atoms with E-state index in [4.69, 9.17) is 0 Å². The summed E-state index contributed by atoms with van der Waals surface area (Å²) >= 11 is 1.73. The summed E-state index contributed by atoms with van der Waals surface area (Å²) in [5.41, 5.74) is 1.02. The highest BCUT2D eigenvalue weighted by Gasteiger charge is 2.15. The van der Waals surface area contributed by atoms with E-state index < -0.39 is 0 Å². The third-order valence-corrected chi connectivity index (χ3v) is 3.57. The van der Waals surface area contributed by atoms with Crippen LogP contribution in [0.2, 0.25) is 0 Å². The summed E-state index contributed by atoms with van der Waals surface area (Å²) in [6, 6.07) is 0.224. The Hall–Kier alpha value is -1.36. The first kappa shape index (κ1) is 11.1. The summed E-state index contributed by atoms with van der Waals surface area (Å²) in [6.45, 7) is 6.21. The van der Waals surface area contributed by atoms with Gasteiger partial charge in [-0.25, -0.2) is 9.97 Å². The van der Waals surface area contributed by atoms with Gasteiger partial charge in [0.1, 0.15) is 5.01 Å². The fourth-order valence-electron chi connectivity index (χ4n) is 1.68. The van der Waals surface area contributed by atoms with Gasteiger partial charge in [-0.1, -0.05) is 0 Å². The Kier molecular flexibility index (Phi) is 2.96. The summed E-state index contributed by atoms with van der Waals surface area (Å²) in [7, 11) is 1.89. The number of aryl methyl sites for hydroxylation is 2. The molecular formula is C11H16N4S. The second-order valence-electron chi connectivity index (χ2n) is 3.85. The minimum absolute atomic E-state index is 0.224. The maximum atomic E-state index is 4.42. The van der Waals surface area contributed by atoms with Gasteiger partial charge in [0, 0.05) is 24.3 Å². The Bertz CT molecular complexity index is 486. The lowest BCUT2D eigenvalue weighted by atomic mass is 10.3. The van der Waals surface area contributed by atoms with E-state index >= 15 is 0 Å². The molecule has 1 N–H and O–H groups in total. The van der Waals surface area contributed by atoms with E-state index in [0.29, 0.717) is 0 Å². The normalized spacial score (nSPS) is 12.8. The molecule has 0 aliphatic heterocycles. The summed E-state index contributed by atoms with van der Waals surface area (Å²) in [5, 5.41) is 4.22. The molecule has 5 heteroatoms. The van der Waals surface area contributed by atoms with Gasteiger partial charge in [-0.15, -0.1) is 11.3 Å². The second-order valence-corrected chi connectivity index (χ2v) is 5.11. The smallest absolute Gasteiger partial charge is 0.203 e. The van der Waals surface area contributed by atoms with E-state index in [2.05, 4.69) is 33.7 Å². The van der Waals surface area contributed by atoms with Crippen LogP contribution in [0.3, 0.4) is 0 Å². The van der Waals surface area contributed by atoms with Crippen LogP contribution < -0.4 is 5.32 Å². The lowest BCUT2D eigenvalue weighted by Gasteiger charge is -2.13. The number of rotatable bonds is 3. The van der Waals surface area contributed by atoms with E-state index in [9.17, 15) is 0 Å². The summed E-state index contributed by atoms with van der Waals surface area (Å²) in [5.74, 6) is 0.887. The van der Waals surface area contributed by atoms with Gasteiger partial charge in [-0.2, -0.15) is 0 Å². The van der Waals surface area contributed by atoms with Crippen LogP contribution in [0.4, 0.5) is 5.95 Å². The van der Waals surface area contributed by atoms with Gasteiger partial charge in [0.2, 0.25) is 5.95 Å². The molecule has 0 fully saturated rings. The number of nitrogens with zero attached hydrogens (tertiary/aromatic N) is 3. The molecule has 0 saturated carbocycles. The number of imidazole rings is 1. The predicted molar refractivity (Wildman–Crippen MR) is 67.2 cm³/mol. The first-order valence-corrected chi connectivity index (χ1v) is 6.09. The molecule has 2 aromatic heterocycles. The predicted octanol–water partition coefficient (Wildman–Crippen LogP) is 2.61. The molecule has 0 amide bonds. The molecule has 86 valence electrons. The van der Waals surface area contributed by atoms with Gasteiger partial charge in [-0.05, 0) is 20.8 Å². The fraction of sp³-hybridized carbons (Fsp3) is 0.455. The third kappa shape index (κ3) is 1.95. The first-order valence-electron chi connectivity index (χ1n) is 5.27. The zero-order valence-corrected chi connectivity index (χ0v) is 10.8. The van der Waals surface area contributed by atoms with E-state index in [0.717, 1.165) is 16.6 Å². The number of thiazole rings is 1. The van der Waals surface area contributed by atoms with Crippen LogP contribution in [0.25, 0.3) is 0 Å². The molecule has 0 spiro atoms. The number of hydrogen-bond donors (Lipinski definition) is 1. The van der Waals surface area contributed by atoms with Crippen LogP contribution in [0.1, 0.15) is 28.5 Å². The number of hydrogen-bond acceptors (Lipinski definition) is 4. The van der Waals surface area contributed by atoms with E-state index in [1.54, 1.807) is 11.3 Å². The van der Waals surface area contributed by atoms with Crippen molar-refractivity contribution in [3.63, 3.8) is 0 Å².